The Hall–Kier alpha value is -2.97. The van der Waals surface area contributed by atoms with Crippen LogP contribution in [0.2, 0.25) is 5.02 Å². The van der Waals surface area contributed by atoms with Gasteiger partial charge in [0.05, 0.1) is 18.7 Å². The largest absolute Gasteiger partial charge is 0.396 e. The molecule has 1 aliphatic rings. The molecule has 0 saturated carbocycles. The highest BCUT2D eigenvalue weighted by atomic mass is 35.5. The summed E-state index contributed by atoms with van der Waals surface area (Å²) < 4.78 is 7.40. The molecule has 3 heterocycles. The molecule has 1 amide bonds. The summed E-state index contributed by atoms with van der Waals surface area (Å²) in [6.45, 7) is 4.20. The molecule has 4 aromatic rings. The van der Waals surface area contributed by atoms with Crippen LogP contribution >= 0.6 is 11.6 Å². The van der Waals surface area contributed by atoms with E-state index < -0.39 is 5.91 Å². The van der Waals surface area contributed by atoms with Crippen molar-refractivity contribution in [1.29, 1.82) is 0 Å². The van der Waals surface area contributed by atoms with Crippen molar-refractivity contribution in [3.63, 3.8) is 0 Å². The van der Waals surface area contributed by atoms with E-state index in [0.29, 0.717) is 43.0 Å². The molecule has 0 radical (unpaired) electrons. The number of carbonyl (C=O) groups excluding carboxylic acids is 1. The summed E-state index contributed by atoms with van der Waals surface area (Å²) >= 11 is 5.95. The number of ether oxygens (including phenoxy) is 1. The highest BCUT2D eigenvalue weighted by molar-refractivity contribution is 6.30. The molecule has 1 saturated heterocycles. The quantitative estimate of drug-likeness (QED) is 0.394. The Morgan fingerprint density at radius 3 is 2.60 bits per heavy atom. The van der Waals surface area contributed by atoms with Crippen molar-refractivity contribution in [2.75, 3.05) is 32.9 Å². The fraction of sp³-hybridized carbons (Fsp3) is 0.333. The van der Waals surface area contributed by atoms with Gasteiger partial charge in [0.2, 0.25) is 5.43 Å². The number of nitrogens with zero attached hydrogens (tertiary/aromatic N) is 2. The summed E-state index contributed by atoms with van der Waals surface area (Å²) in [7, 11) is 0. The number of pyridine rings is 1. The summed E-state index contributed by atoms with van der Waals surface area (Å²) in [5.74, 6) is -0.413. The summed E-state index contributed by atoms with van der Waals surface area (Å²) in [6, 6.07) is 13.3. The van der Waals surface area contributed by atoms with Crippen LogP contribution in [0, 0.1) is 0 Å². The Morgan fingerprint density at radius 1 is 1.09 bits per heavy atom. The monoisotopic (exact) mass is 493 g/mol. The van der Waals surface area contributed by atoms with Gasteiger partial charge < -0.3 is 19.6 Å². The first-order valence-corrected chi connectivity index (χ1v) is 12.3. The van der Waals surface area contributed by atoms with Gasteiger partial charge in [0, 0.05) is 60.5 Å². The number of aliphatic hydroxyl groups is 1. The molecule has 1 fully saturated rings. The molecule has 2 aromatic carbocycles. The smallest absolute Gasteiger partial charge is 0.257 e. The number of halogens is 1. The number of benzene rings is 2. The van der Waals surface area contributed by atoms with Gasteiger partial charge in [0.25, 0.3) is 5.91 Å². The number of aromatic nitrogens is 1. The van der Waals surface area contributed by atoms with Crippen molar-refractivity contribution >= 4 is 33.8 Å². The normalized spacial score (nSPS) is 14.7. The van der Waals surface area contributed by atoms with Gasteiger partial charge in [-0.3, -0.25) is 14.5 Å². The summed E-state index contributed by atoms with van der Waals surface area (Å²) in [4.78, 5) is 29.0. The molecule has 182 valence electrons. The van der Waals surface area contributed by atoms with Crippen LogP contribution in [0.4, 0.5) is 0 Å². The molecule has 0 spiro atoms. The second-order valence-electron chi connectivity index (χ2n) is 8.98. The second-order valence-corrected chi connectivity index (χ2v) is 9.42. The highest BCUT2D eigenvalue weighted by Crippen LogP contribution is 2.27. The second kappa shape index (κ2) is 10.3. The average Bonchev–Trinajstić information content (AvgIpc) is 3.22. The van der Waals surface area contributed by atoms with Gasteiger partial charge in [0.15, 0.2) is 0 Å². The predicted octanol–water partition coefficient (Wildman–Crippen LogP) is 3.23. The standard InChI is InChI=1S/C27H28ClN3O4/c28-21-5-3-18(4-6-21)15-29-27(34)24-17-31-22(2-1-9-32)14-20-12-19(13-23(25(20)31)26(24)33)16-30-7-10-35-11-8-30/h3-6,12-14,17,32H,1-2,7-11,15-16H2,(H,29,34). The van der Waals surface area contributed by atoms with Crippen LogP contribution in [-0.4, -0.2) is 53.2 Å². The van der Waals surface area contributed by atoms with E-state index in [2.05, 4.69) is 22.3 Å². The molecule has 2 aromatic heterocycles. The maximum absolute atomic E-state index is 13.5. The Morgan fingerprint density at radius 2 is 1.86 bits per heavy atom. The minimum Gasteiger partial charge on any atom is -0.396 e. The van der Waals surface area contributed by atoms with Gasteiger partial charge in [-0.2, -0.15) is 0 Å². The van der Waals surface area contributed by atoms with E-state index >= 15 is 0 Å². The number of aryl methyl sites for hydroxylation is 1. The lowest BCUT2D eigenvalue weighted by Crippen LogP contribution is -2.35. The van der Waals surface area contributed by atoms with Crippen molar-refractivity contribution in [2.24, 2.45) is 0 Å². The third-order valence-corrected chi connectivity index (χ3v) is 6.78. The van der Waals surface area contributed by atoms with Crippen molar-refractivity contribution in [3.05, 3.63) is 86.3 Å². The third kappa shape index (κ3) is 5.04. The highest BCUT2D eigenvalue weighted by Gasteiger charge is 2.20. The SMILES string of the molecule is O=C(NCc1ccc(Cl)cc1)c1cn2c(CCCO)cc3cc(CN4CCOCC4)cc(c1=O)c32. The number of rotatable bonds is 8. The minimum absolute atomic E-state index is 0.0771. The molecule has 2 N–H and O–H groups in total. The molecule has 0 bridgehead atoms. The van der Waals surface area contributed by atoms with Crippen molar-refractivity contribution in [1.82, 2.24) is 14.6 Å². The maximum atomic E-state index is 13.5. The van der Waals surface area contributed by atoms with E-state index in [9.17, 15) is 14.7 Å². The van der Waals surface area contributed by atoms with E-state index in [1.807, 2.05) is 22.6 Å². The lowest BCUT2D eigenvalue weighted by molar-refractivity contribution is 0.0342. The van der Waals surface area contributed by atoms with E-state index in [0.717, 1.165) is 47.4 Å². The Kier molecular flexibility index (Phi) is 7.02. The third-order valence-electron chi connectivity index (χ3n) is 6.53. The molecule has 8 heteroatoms. The van der Waals surface area contributed by atoms with Crippen LogP contribution in [0.25, 0.3) is 16.3 Å². The van der Waals surface area contributed by atoms with Crippen LogP contribution in [-0.2, 0) is 24.2 Å². The number of hydrogen-bond acceptors (Lipinski definition) is 5. The van der Waals surface area contributed by atoms with Crippen molar-refractivity contribution < 1.29 is 14.6 Å². The molecule has 0 atom stereocenters. The predicted molar refractivity (Wildman–Crippen MR) is 136 cm³/mol. The van der Waals surface area contributed by atoms with Gasteiger partial charge >= 0.3 is 0 Å². The van der Waals surface area contributed by atoms with Crippen LogP contribution in [0.1, 0.15) is 33.6 Å². The first kappa shape index (κ1) is 23.8. The van der Waals surface area contributed by atoms with E-state index in [-0.39, 0.29) is 17.6 Å². The zero-order chi connectivity index (χ0) is 24.4. The molecule has 0 unspecified atom stereocenters. The van der Waals surface area contributed by atoms with Crippen LogP contribution < -0.4 is 10.7 Å². The summed E-state index contributed by atoms with van der Waals surface area (Å²) in [6.07, 6.45) is 2.89. The number of amides is 1. The first-order valence-electron chi connectivity index (χ1n) is 11.9. The molecular formula is C27H28ClN3O4. The number of morpholine rings is 1. The fourth-order valence-electron chi connectivity index (χ4n) is 4.75. The minimum atomic E-state index is -0.413. The number of aliphatic hydroxyl groups excluding tert-OH is 1. The van der Waals surface area contributed by atoms with Crippen LogP contribution in [0.15, 0.2) is 53.5 Å². The molecule has 5 rings (SSSR count). The zero-order valence-corrected chi connectivity index (χ0v) is 20.2. The Balaban J connectivity index is 1.53. The van der Waals surface area contributed by atoms with Gasteiger partial charge in [-0.15, -0.1) is 0 Å². The maximum Gasteiger partial charge on any atom is 0.257 e. The number of hydrogen-bond donors (Lipinski definition) is 2. The lowest BCUT2D eigenvalue weighted by atomic mass is 10.0. The van der Waals surface area contributed by atoms with Gasteiger partial charge in [-0.25, -0.2) is 0 Å². The molecular weight excluding hydrogens is 466 g/mol. The summed E-state index contributed by atoms with van der Waals surface area (Å²) in [5, 5.41) is 14.4. The Labute approximate surface area is 208 Å². The van der Waals surface area contributed by atoms with Crippen LogP contribution in [0.5, 0.6) is 0 Å². The molecule has 35 heavy (non-hydrogen) atoms. The fourth-order valence-corrected chi connectivity index (χ4v) is 4.87. The van der Waals surface area contributed by atoms with Gasteiger partial charge in [0.1, 0.15) is 5.56 Å². The van der Waals surface area contributed by atoms with E-state index in [4.69, 9.17) is 16.3 Å². The number of nitrogens with one attached hydrogen (secondary N) is 1. The van der Waals surface area contributed by atoms with Crippen molar-refractivity contribution in [2.45, 2.75) is 25.9 Å². The topological polar surface area (TPSA) is 83.3 Å². The molecule has 1 aliphatic heterocycles. The first-order chi connectivity index (χ1) is 17.0. The Bertz CT molecular complexity index is 1390. The lowest BCUT2D eigenvalue weighted by Gasteiger charge is -2.26. The van der Waals surface area contributed by atoms with Crippen molar-refractivity contribution in [3.8, 4) is 0 Å². The summed E-state index contributed by atoms with van der Waals surface area (Å²) in [5.41, 5.74) is 3.56. The van der Waals surface area contributed by atoms with Gasteiger partial charge in [-0.1, -0.05) is 23.7 Å². The van der Waals surface area contributed by atoms with E-state index in [1.54, 1.807) is 18.3 Å². The van der Waals surface area contributed by atoms with Gasteiger partial charge in [-0.05, 0) is 54.3 Å². The zero-order valence-electron chi connectivity index (χ0n) is 19.4. The van der Waals surface area contributed by atoms with E-state index in [1.165, 1.54) is 0 Å². The van der Waals surface area contributed by atoms with Crippen LogP contribution in [0.3, 0.4) is 0 Å². The molecule has 0 aliphatic carbocycles. The average molecular weight is 494 g/mol. The molecule has 7 nitrogen and oxygen atoms in total. The number of carbonyl (C=O) groups is 1.